The van der Waals surface area contributed by atoms with Gasteiger partial charge in [0.25, 0.3) is 0 Å². The van der Waals surface area contributed by atoms with Gasteiger partial charge in [-0.1, -0.05) is 19.1 Å². The SMILES string of the molecule is CCC(CSC)Nc1nccc(C)c1C(N)=S. The molecule has 0 amide bonds. The van der Waals surface area contributed by atoms with Gasteiger partial charge < -0.3 is 11.1 Å². The minimum atomic E-state index is 0.396. The molecule has 0 aliphatic carbocycles. The van der Waals surface area contributed by atoms with E-state index in [0.717, 1.165) is 29.1 Å². The molecule has 94 valence electrons. The third kappa shape index (κ3) is 3.85. The van der Waals surface area contributed by atoms with Gasteiger partial charge >= 0.3 is 0 Å². The molecular formula is C12H19N3S2. The summed E-state index contributed by atoms with van der Waals surface area (Å²) < 4.78 is 0. The van der Waals surface area contributed by atoms with Crippen LogP contribution in [-0.2, 0) is 0 Å². The number of aryl methyl sites for hydroxylation is 1. The number of hydrogen-bond donors (Lipinski definition) is 2. The molecule has 17 heavy (non-hydrogen) atoms. The number of aromatic nitrogens is 1. The van der Waals surface area contributed by atoms with Crippen LogP contribution < -0.4 is 11.1 Å². The number of rotatable bonds is 6. The number of nitrogens with one attached hydrogen (secondary N) is 1. The lowest BCUT2D eigenvalue weighted by molar-refractivity contribution is 0.769. The Hall–Kier alpha value is -0.810. The Kier molecular flexibility index (Phi) is 5.71. The summed E-state index contributed by atoms with van der Waals surface area (Å²) in [5.41, 5.74) is 7.68. The van der Waals surface area contributed by atoms with Crippen LogP contribution in [0.15, 0.2) is 12.3 Å². The molecule has 5 heteroatoms. The first-order valence-electron chi connectivity index (χ1n) is 5.61. The van der Waals surface area contributed by atoms with Crippen molar-refractivity contribution in [2.24, 2.45) is 5.73 Å². The molecule has 1 heterocycles. The average molecular weight is 269 g/mol. The zero-order chi connectivity index (χ0) is 12.8. The van der Waals surface area contributed by atoms with Gasteiger partial charge in [-0.2, -0.15) is 11.8 Å². The van der Waals surface area contributed by atoms with Crippen molar-refractivity contribution in [1.29, 1.82) is 0 Å². The highest BCUT2D eigenvalue weighted by atomic mass is 32.2. The minimum absolute atomic E-state index is 0.396. The van der Waals surface area contributed by atoms with Crippen LogP contribution in [0.4, 0.5) is 5.82 Å². The van der Waals surface area contributed by atoms with Crippen LogP contribution in [0.3, 0.4) is 0 Å². The first-order valence-corrected chi connectivity index (χ1v) is 7.41. The summed E-state index contributed by atoms with van der Waals surface area (Å²) in [6.45, 7) is 4.15. The fourth-order valence-electron chi connectivity index (χ4n) is 1.63. The predicted molar refractivity (Wildman–Crippen MR) is 80.9 cm³/mol. The highest BCUT2D eigenvalue weighted by Crippen LogP contribution is 2.18. The van der Waals surface area contributed by atoms with Crippen molar-refractivity contribution in [2.75, 3.05) is 17.3 Å². The predicted octanol–water partition coefficient (Wildman–Crippen LogP) is 2.58. The molecule has 1 aromatic rings. The van der Waals surface area contributed by atoms with Crippen molar-refractivity contribution in [3.05, 3.63) is 23.4 Å². The molecule has 0 bridgehead atoms. The van der Waals surface area contributed by atoms with Crippen molar-refractivity contribution < 1.29 is 0 Å². The van der Waals surface area contributed by atoms with Gasteiger partial charge in [-0.15, -0.1) is 0 Å². The molecule has 0 aliphatic heterocycles. The fraction of sp³-hybridized carbons (Fsp3) is 0.500. The normalized spacial score (nSPS) is 12.2. The van der Waals surface area contributed by atoms with Crippen LogP contribution in [-0.4, -0.2) is 28.0 Å². The molecule has 0 radical (unpaired) electrons. The lowest BCUT2D eigenvalue weighted by atomic mass is 10.1. The molecule has 1 rings (SSSR count). The monoisotopic (exact) mass is 269 g/mol. The molecule has 0 spiro atoms. The van der Waals surface area contributed by atoms with Gasteiger partial charge in [0.1, 0.15) is 10.8 Å². The standard InChI is InChI=1S/C12H19N3S2/c1-4-9(7-17-3)15-12-10(11(13)16)8(2)5-6-14-12/h5-6,9H,4,7H2,1-3H3,(H2,13,16)(H,14,15). The van der Waals surface area contributed by atoms with E-state index >= 15 is 0 Å². The summed E-state index contributed by atoms with van der Waals surface area (Å²) in [5, 5.41) is 3.42. The number of nitrogens with two attached hydrogens (primary N) is 1. The van der Waals surface area contributed by atoms with Gasteiger partial charge in [0, 0.05) is 18.0 Å². The van der Waals surface area contributed by atoms with Crippen LogP contribution in [0.2, 0.25) is 0 Å². The molecule has 0 saturated carbocycles. The zero-order valence-corrected chi connectivity index (χ0v) is 12.1. The second kappa shape index (κ2) is 6.81. The van der Waals surface area contributed by atoms with E-state index in [0.29, 0.717) is 11.0 Å². The lowest BCUT2D eigenvalue weighted by Crippen LogP contribution is -2.25. The molecule has 3 nitrogen and oxygen atoms in total. The van der Waals surface area contributed by atoms with Crippen LogP contribution in [0, 0.1) is 6.92 Å². The summed E-state index contributed by atoms with van der Waals surface area (Å²) >= 11 is 6.90. The third-order valence-electron chi connectivity index (χ3n) is 2.61. The molecule has 0 fully saturated rings. The van der Waals surface area contributed by atoms with Crippen LogP contribution in [0.5, 0.6) is 0 Å². The van der Waals surface area contributed by atoms with Crippen LogP contribution in [0.25, 0.3) is 0 Å². The summed E-state index contributed by atoms with van der Waals surface area (Å²) in [4.78, 5) is 4.74. The summed E-state index contributed by atoms with van der Waals surface area (Å²) in [6, 6.07) is 2.32. The van der Waals surface area contributed by atoms with E-state index in [1.165, 1.54) is 0 Å². The smallest absolute Gasteiger partial charge is 0.136 e. The molecule has 0 aliphatic rings. The van der Waals surface area contributed by atoms with E-state index in [2.05, 4.69) is 23.5 Å². The largest absolute Gasteiger partial charge is 0.389 e. The van der Waals surface area contributed by atoms with Crippen molar-refractivity contribution in [2.45, 2.75) is 26.3 Å². The Balaban J connectivity index is 2.97. The molecule has 1 atom stereocenters. The Morgan fingerprint density at radius 1 is 1.65 bits per heavy atom. The van der Waals surface area contributed by atoms with E-state index in [4.69, 9.17) is 18.0 Å². The third-order valence-corrected chi connectivity index (χ3v) is 3.55. The number of hydrogen-bond acceptors (Lipinski definition) is 4. The van der Waals surface area contributed by atoms with Gasteiger partial charge in [0.05, 0.1) is 5.56 Å². The number of nitrogens with zero attached hydrogens (tertiary/aromatic N) is 1. The maximum Gasteiger partial charge on any atom is 0.136 e. The first kappa shape index (κ1) is 14.3. The molecule has 0 saturated heterocycles. The van der Waals surface area contributed by atoms with Crippen molar-refractivity contribution in [3.63, 3.8) is 0 Å². The van der Waals surface area contributed by atoms with E-state index in [-0.39, 0.29) is 0 Å². The second-order valence-corrected chi connectivity index (χ2v) is 5.27. The molecule has 0 aromatic carbocycles. The van der Waals surface area contributed by atoms with Crippen molar-refractivity contribution in [1.82, 2.24) is 4.98 Å². The van der Waals surface area contributed by atoms with E-state index in [9.17, 15) is 0 Å². The second-order valence-electron chi connectivity index (χ2n) is 3.92. The molecule has 3 N–H and O–H groups in total. The van der Waals surface area contributed by atoms with Gasteiger partial charge in [0.2, 0.25) is 0 Å². The summed E-state index contributed by atoms with van der Waals surface area (Å²) in [7, 11) is 0. The number of thiocarbonyl (C=S) groups is 1. The highest BCUT2D eigenvalue weighted by molar-refractivity contribution is 7.98. The molecule has 1 aromatic heterocycles. The van der Waals surface area contributed by atoms with E-state index < -0.39 is 0 Å². The van der Waals surface area contributed by atoms with E-state index in [1.54, 1.807) is 6.20 Å². The lowest BCUT2D eigenvalue weighted by Gasteiger charge is -2.19. The summed E-state index contributed by atoms with van der Waals surface area (Å²) in [6.07, 6.45) is 4.93. The number of pyridine rings is 1. The van der Waals surface area contributed by atoms with Crippen molar-refractivity contribution >= 4 is 34.8 Å². The van der Waals surface area contributed by atoms with Gasteiger partial charge in [-0.25, -0.2) is 4.98 Å². The molecule has 1 unspecified atom stereocenters. The van der Waals surface area contributed by atoms with Gasteiger partial charge in [0.15, 0.2) is 0 Å². The van der Waals surface area contributed by atoms with Crippen molar-refractivity contribution in [3.8, 4) is 0 Å². The van der Waals surface area contributed by atoms with Crippen LogP contribution >= 0.6 is 24.0 Å². The number of thioether (sulfide) groups is 1. The summed E-state index contributed by atoms with van der Waals surface area (Å²) in [5.74, 6) is 1.85. The quantitative estimate of drug-likeness (QED) is 0.777. The Bertz CT molecular complexity index is 393. The highest BCUT2D eigenvalue weighted by Gasteiger charge is 2.13. The number of anilines is 1. The average Bonchev–Trinajstić information content (AvgIpc) is 2.28. The zero-order valence-electron chi connectivity index (χ0n) is 10.5. The topological polar surface area (TPSA) is 50.9 Å². The van der Waals surface area contributed by atoms with E-state index in [1.807, 2.05) is 24.8 Å². The fourth-order valence-corrected chi connectivity index (χ4v) is 2.61. The maximum absolute atomic E-state index is 5.75. The van der Waals surface area contributed by atoms with Crippen LogP contribution in [0.1, 0.15) is 24.5 Å². The Morgan fingerprint density at radius 2 is 2.35 bits per heavy atom. The molecular weight excluding hydrogens is 250 g/mol. The maximum atomic E-state index is 5.75. The Labute approximate surface area is 113 Å². The first-order chi connectivity index (χ1) is 8.10. The Morgan fingerprint density at radius 3 is 2.88 bits per heavy atom. The van der Waals surface area contributed by atoms with Gasteiger partial charge in [-0.3, -0.25) is 0 Å². The minimum Gasteiger partial charge on any atom is -0.389 e. The van der Waals surface area contributed by atoms with Gasteiger partial charge in [-0.05, 0) is 31.2 Å².